The molecule has 5 heteroatoms. The second-order valence-electron chi connectivity index (χ2n) is 6.75. The molecular formula is C16H30N4O. The van der Waals surface area contributed by atoms with Gasteiger partial charge in [-0.05, 0) is 44.9 Å². The van der Waals surface area contributed by atoms with Crippen LogP contribution in [0.15, 0.2) is 4.99 Å². The SMILES string of the molecule is CN=C(NCC(=O)NC(C)C)NC1CCC2CCCC2C1. The number of carbonyl (C=O) groups excluding carboxylic acids is 1. The Kier molecular flexibility index (Phi) is 5.88. The van der Waals surface area contributed by atoms with Crippen LogP contribution in [0.1, 0.15) is 52.4 Å². The summed E-state index contributed by atoms with van der Waals surface area (Å²) in [6.45, 7) is 4.20. The monoisotopic (exact) mass is 294 g/mol. The summed E-state index contributed by atoms with van der Waals surface area (Å²) >= 11 is 0. The van der Waals surface area contributed by atoms with Gasteiger partial charge in [-0.15, -0.1) is 0 Å². The maximum absolute atomic E-state index is 11.7. The van der Waals surface area contributed by atoms with Crippen LogP contribution in [-0.4, -0.2) is 37.5 Å². The van der Waals surface area contributed by atoms with E-state index in [1.54, 1.807) is 7.05 Å². The van der Waals surface area contributed by atoms with E-state index in [-0.39, 0.29) is 18.5 Å². The van der Waals surface area contributed by atoms with Crippen LogP contribution in [0.25, 0.3) is 0 Å². The molecule has 0 aliphatic heterocycles. The summed E-state index contributed by atoms with van der Waals surface area (Å²) in [5.41, 5.74) is 0. The predicted molar refractivity (Wildman–Crippen MR) is 86.2 cm³/mol. The smallest absolute Gasteiger partial charge is 0.239 e. The van der Waals surface area contributed by atoms with Crippen LogP contribution in [0.4, 0.5) is 0 Å². The maximum Gasteiger partial charge on any atom is 0.239 e. The van der Waals surface area contributed by atoms with Crippen molar-refractivity contribution in [3.8, 4) is 0 Å². The predicted octanol–water partition coefficient (Wildman–Crippen LogP) is 1.64. The summed E-state index contributed by atoms with van der Waals surface area (Å²) in [7, 11) is 1.76. The van der Waals surface area contributed by atoms with E-state index in [0.29, 0.717) is 6.04 Å². The first-order valence-corrected chi connectivity index (χ1v) is 8.35. The number of fused-ring (bicyclic) bond motifs is 1. The Balaban J connectivity index is 1.73. The molecule has 0 spiro atoms. The molecule has 0 bridgehead atoms. The zero-order chi connectivity index (χ0) is 15.2. The second kappa shape index (κ2) is 7.66. The molecule has 0 radical (unpaired) electrons. The number of aliphatic imine (C=N–C) groups is 1. The highest BCUT2D eigenvalue weighted by Crippen LogP contribution is 2.41. The van der Waals surface area contributed by atoms with Crippen LogP contribution in [0.3, 0.4) is 0 Å². The fraction of sp³-hybridized carbons (Fsp3) is 0.875. The summed E-state index contributed by atoms with van der Waals surface area (Å²) < 4.78 is 0. The average molecular weight is 294 g/mol. The number of rotatable bonds is 4. The van der Waals surface area contributed by atoms with Crippen LogP contribution in [0, 0.1) is 11.8 Å². The van der Waals surface area contributed by atoms with E-state index in [2.05, 4.69) is 20.9 Å². The van der Waals surface area contributed by atoms with Gasteiger partial charge in [0.2, 0.25) is 5.91 Å². The topological polar surface area (TPSA) is 65.5 Å². The van der Waals surface area contributed by atoms with E-state index < -0.39 is 0 Å². The zero-order valence-electron chi connectivity index (χ0n) is 13.6. The van der Waals surface area contributed by atoms with Crippen LogP contribution < -0.4 is 16.0 Å². The van der Waals surface area contributed by atoms with Gasteiger partial charge < -0.3 is 16.0 Å². The number of carbonyl (C=O) groups is 1. The number of amides is 1. The van der Waals surface area contributed by atoms with E-state index in [9.17, 15) is 4.79 Å². The molecule has 2 rings (SSSR count). The summed E-state index contributed by atoms with van der Waals surface area (Å²) in [5, 5.41) is 9.47. The van der Waals surface area contributed by atoms with Crippen molar-refractivity contribution in [2.75, 3.05) is 13.6 Å². The van der Waals surface area contributed by atoms with Crippen molar-refractivity contribution >= 4 is 11.9 Å². The maximum atomic E-state index is 11.7. The molecule has 120 valence electrons. The Hall–Kier alpha value is -1.26. The second-order valence-corrected chi connectivity index (χ2v) is 6.75. The van der Waals surface area contributed by atoms with Crippen molar-refractivity contribution in [2.45, 2.75) is 64.5 Å². The van der Waals surface area contributed by atoms with Crippen LogP contribution in [0.5, 0.6) is 0 Å². The minimum atomic E-state index is 0.00690. The first-order valence-electron chi connectivity index (χ1n) is 8.35. The van der Waals surface area contributed by atoms with Crippen LogP contribution in [-0.2, 0) is 4.79 Å². The highest BCUT2D eigenvalue weighted by Gasteiger charge is 2.33. The molecule has 21 heavy (non-hydrogen) atoms. The van der Waals surface area contributed by atoms with Crippen LogP contribution in [0.2, 0.25) is 0 Å². The number of nitrogens with one attached hydrogen (secondary N) is 3. The first-order chi connectivity index (χ1) is 10.1. The van der Waals surface area contributed by atoms with Gasteiger partial charge >= 0.3 is 0 Å². The third kappa shape index (κ3) is 4.90. The lowest BCUT2D eigenvalue weighted by Crippen LogP contribution is -2.49. The third-order valence-corrected chi connectivity index (χ3v) is 4.72. The molecule has 2 aliphatic rings. The van der Waals surface area contributed by atoms with Gasteiger partial charge in [0, 0.05) is 19.1 Å². The fourth-order valence-electron chi connectivity index (χ4n) is 3.76. The normalized spacial score (nSPS) is 29.1. The standard InChI is InChI=1S/C16H30N4O/c1-11(2)19-15(21)10-18-16(17-3)20-14-8-7-12-5-4-6-13(12)9-14/h11-14H,4-10H2,1-3H3,(H,19,21)(H2,17,18,20). The minimum Gasteiger partial charge on any atom is -0.354 e. The largest absolute Gasteiger partial charge is 0.354 e. The van der Waals surface area contributed by atoms with Gasteiger partial charge in [-0.25, -0.2) is 0 Å². The van der Waals surface area contributed by atoms with E-state index in [1.807, 2.05) is 13.8 Å². The van der Waals surface area contributed by atoms with Gasteiger partial charge in [-0.2, -0.15) is 0 Å². The van der Waals surface area contributed by atoms with Crippen molar-refractivity contribution in [3.63, 3.8) is 0 Å². The van der Waals surface area contributed by atoms with E-state index in [4.69, 9.17) is 0 Å². The van der Waals surface area contributed by atoms with Gasteiger partial charge in [0.15, 0.2) is 5.96 Å². The Bertz CT molecular complexity index is 380. The highest BCUT2D eigenvalue weighted by molar-refractivity contribution is 5.86. The van der Waals surface area contributed by atoms with Crippen molar-refractivity contribution in [3.05, 3.63) is 0 Å². The van der Waals surface area contributed by atoms with Crippen molar-refractivity contribution in [1.82, 2.24) is 16.0 Å². The molecule has 2 saturated carbocycles. The molecule has 2 fully saturated rings. The molecule has 0 aromatic heterocycles. The van der Waals surface area contributed by atoms with Crippen molar-refractivity contribution in [2.24, 2.45) is 16.8 Å². The van der Waals surface area contributed by atoms with E-state index in [1.165, 1.54) is 38.5 Å². The number of nitrogens with zero attached hydrogens (tertiary/aromatic N) is 1. The van der Waals surface area contributed by atoms with Gasteiger partial charge in [0.1, 0.15) is 0 Å². The average Bonchev–Trinajstić information content (AvgIpc) is 2.90. The van der Waals surface area contributed by atoms with Gasteiger partial charge in [-0.3, -0.25) is 9.79 Å². The van der Waals surface area contributed by atoms with Gasteiger partial charge in [0.25, 0.3) is 0 Å². The summed E-state index contributed by atoms with van der Waals surface area (Å²) in [6.07, 6.45) is 8.05. The molecule has 3 unspecified atom stereocenters. The lowest BCUT2D eigenvalue weighted by atomic mass is 9.79. The van der Waals surface area contributed by atoms with E-state index in [0.717, 1.165) is 17.8 Å². The molecule has 0 saturated heterocycles. The molecule has 1 amide bonds. The number of hydrogen-bond donors (Lipinski definition) is 3. The molecule has 0 aromatic carbocycles. The Morgan fingerprint density at radius 1 is 1.19 bits per heavy atom. The molecule has 0 aromatic rings. The quantitative estimate of drug-likeness (QED) is 0.545. The highest BCUT2D eigenvalue weighted by atomic mass is 16.1. The van der Waals surface area contributed by atoms with Crippen LogP contribution >= 0.6 is 0 Å². The number of hydrogen-bond acceptors (Lipinski definition) is 2. The van der Waals surface area contributed by atoms with Crippen molar-refractivity contribution < 1.29 is 4.79 Å². The molecule has 3 N–H and O–H groups in total. The Morgan fingerprint density at radius 3 is 2.67 bits per heavy atom. The lowest BCUT2D eigenvalue weighted by molar-refractivity contribution is -0.120. The molecule has 5 nitrogen and oxygen atoms in total. The summed E-state index contributed by atoms with van der Waals surface area (Å²) in [4.78, 5) is 15.9. The zero-order valence-corrected chi connectivity index (χ0v) is 13.6. The summed E-state index contributed by atoms with van der Waals surface area (Å²) in [5.74, 6) is 2.62. The fourth-order valence-corrected chi connectivity index (χ4v) is 3.76. The molecule has 0 heterocycles. The third-order valence-electron chi connectivity index (χ3n) is 4.72. The number of guanidine groups is 1. The van der Waals surface area contributed by atoms with Gasteiger partial charge in [-0.1, -0.05) is 19.3 Å². The van der Waals surface area contributed by atoms with Gasteiger partial charge in [0.05, 0.1) is 6.54 Å². The molecule has 3 atom stereocenters. The first kappa shape index (κ1) is 16.1. The van der Waals surface area contributed by atoms with E-state index >= 15 is 0 Å². The lowest BCUT2D eigenvalue weighted by Gasteiger charge is -2.33. The summed E-state index contributed by atoms with van der Waals surface area (Å²) in [6, 6.07) is 0.677. The van der Waals surface area contributed by atoms with Crippen molar-refractivity contribution in [1.29, 1.82) is 0 Å². The Labute approximate surface area is 128 Å². The molecule has 2 aliphatic carbocycles. The minimum absolute atomic E-state index is 0.00690. The molecular weight excluding hydrogens is 264 g/mol. The Morgan fingerprint density at radius 2 is 1.95 bits per heavy atom.